The Morgan fingerprint density at radius 1 is 1.41 bits per heavy atom. The van der Waals surface area contributed by atoms with Crippen LogP contribution in [-0.4, -0.2) is 77.2 Å². The van der Waals surface area contributed by atoms with E-state index in [9.17, 15) is 8.42 Å². The zero-order valence-electron chi connectivity index (χ0n) is 16.2. The van der Waals surface area contributed by atoms with E-state index >= 15 is 0 Å². The van der Waals surface area contributed by atoms with Gasteiger partial charge in [-0.05, 0) is 24.8 Å². The minimum atomic E-state index is -2.95. The summed E-state index contributed by atoms with van der Waals surface area (Å²) in [4.78, 5) is 8.03. The van der Waals surface area contributed by atoms with Crippen molar-refractivity contribution in [2.24, 2.45) is 4.99 Å². The number of nitrogens with one attached hydrogen (secondary N) is 2. The van der Waals surface area contributed by atoms with E-state index in [2.05, 4.69) is 38.0 Å². The van der Waals surface area contributed by atoms with Gasteiger partial charge in [0, 0.05) is 43.9 Å². The van der Waals surface area contributed by atoms with Gasteiger partial charge in [-0.1, -0.05) is 6.07 Å². The molecule has 10 heteroatoms. The van der Waals surface area contributed by atoms with Crippen molar-refractivity contribution in [1.82, 2.24) is 15.5 Å². The van der Waals surface area contributed by atoms with Gasteiger partial charge in [-0.15, -0.1) is 35.3 Å². The molecule has 0 amide bonds. The van der Waals surface area contributed by atoms with Gasteiger partial charge in [0.25, 0.3) is 0 Å². The first-order chi connectivity index (χ1) is 12.4. The van der Waals surface area contributed by atoms with Crippen molar-refractivity contribution < 1.29 is 13.2 Å². The van der Waals surface area contributed by atoms with Crippen LogP contribution in [0.4, 0.5) is 0 Å². The van der Waals surface area contributed by atoms with Crippen molar-refractivity contribution in [2.45, 2.75) is 25.4 Å². The molecule has 2 heterocycles. The predicted octanol–water partition coefficient (Wildman–Crippen LogP) is 1.73. The van der Waals surface area contributed by atoms with Gasteiger partial charge in [0.1, 0.15) is 9.84 Å². The molecular weight excluding hydrogens is 499 g/mol. The maximum atomic E-state index is 11.3. The molecule has 0 aromatic carbocycles. The van der Waals surface area contributed by atoms with Crippen molar-refractivity contribution in [3.8, 4) is 0 Å². The molecule has 2 rings (SSSR count). The molecule has 0 spiro atoms. The van der Waals surface area contributed by atoms with E-state index in [-0.39, 0.29) is 41.8 Å². The van der Waals surface area contributed by atoms with Crippen molar-refractivity contribution in [2.75, 3.05) is 51.9 Å². The number of sulfone groups is 1. The van der Waals surface area contributed by atoms with Gasteiger partial charge in [0.15, 0.2) is 5.96 Å². The number of aliphatic imine (C=N–C) groups is 1. The molecule has 1 aromatic rings. The van der Waals surface area contributed by atoms with Crippen molar-refractivity contribution in [3.05, 3.63) is 22.4 Å². The molecule has 1 fully saturated rings. The van der Waals surface area contributed by atoms with Crippen molar-refractivity contribution in [3.63, 3.8) is 0 Å². The number of hydrogen-bond donors (Lipinski definition) is 2. The Morgan fingerprint density at radius 3 is 2.67 bits per heavy atom. The minimum absolute atomic E-state index is 0. The first-order valence-corrected chi connectivity index (χ1v) is 11.8. The second-order valence-corrected chi connectivity index (χ2v) is 9.84. The van der Waals surface area contributed by atoms with Crippen LogP contribution in [0.3, 0.4) is 0 Å². The monoisotopic (exact) mass is 530 g/mol. The fourth-order valence-electron chi connectivity index (χ4n) is 2.86. The lowest BCUT2D eigenvalue weighted by Crippen LogP contribution is -2.48. The number of nitrogens with zero attached hydrogens (tertiary/aromatic N) is 2. The first kappa shape index (κ1) is 24.6. The summed E-state index contributed by atoms with van der Waals surface area (Å²) in [6.07, 6.45) is 1.82. The summed E-state index contributed by atoms with van der Waals surface area (Å²) >= 11 is 1.76. The van der Waals surface area contributed by atoms with Crippen LogP contribution in [0.25, 0.3) is 0 Å². The number of hydrogen-bond acceptors (Lipinski definition) is 6. The highest BCUT2D eigenvalue weighted by Crippen LogP contribution is 2.25. The molecule has 1 aromatic heterocycles. The molecule has 0 saturated carbocycles. The average Bonchev–Trinajstić information content (AvgIpc) is 3.14. The van der Waals surface area contributed by atoms with Crippen LogP contribution in [0.1, 0.15) is 24.3 Å². The normalized spacial score (nSPS) is 18.4. The highest BCUT2D eigenvalue weighted by molar-refractivity contribution is 14.0. The van der Waals surface area contributed by atoms with E-state index in [0.29, 0.717) is 12.4 Å². The minimum Gasteiger partial charge on any atom is -0.379 e. The van der Waals surface area contributed by atoms with Gasteiger partial charge in [0.05, 0.1) is 25.0 Å². The molecule has 1 aliphatic rings. The Hall–Kier alpha value is -0.430. The zero-order chi connectivity index (χ0) is 19.0. The molecule has 1 saturated heterocycles. The molecule has 2 N–H and O–H groups in total. The maximum Gasteiger partial charge on any atom is 0.191 e. The standard InChI is InChI=1S/C17H30N4O3S2.HI/c1-14(6-12-26(3,22)23)20-17(18-2)19-13-15(16-5-4-11-25-16)21-7-9-24-10-8-21;/h4-5,11,14-15H,6-10,12-13H2,1-3H3,(H2,18,19,20);1H. The first-order valence-electron chi connectivity index (χ1n) is 8.89. The molecule has 0 aliphatic carbocycles. The average molecular weight is 530 g/mol. The number of halogens is 1. The van der Waals surface area contributed by atoms with Crippen LogP contribution >= 0.6 is 35.3 Å². The van der Waals surface area contributed by atoms with Gasteiger partial charge >= 0.3 is 0 Å². The van der Waals surface area contributed by atoms with Crippen LogP contribution < -0.4 is 10.6 Å². The number of ether oxygens (including phenoxy) is 1. The smallest absolute Gasteiger partial charge is 0.191 e. The zero-order valence-corrected chi connectivity index (χ0v) is 20.1. The summed E-state index contributed by atoms with van der Waals surface area (Å²) in [5.41, 5.74) is 0. The van der Waals surface area contributed by atoms with Crippen LogP contribution in [0.15, 0.2) is 22.5 Å². The summed E-state index contributed by atoms with van der Waals surface area (Å²) in [6, 6.07) is 4.54. The van der Waals surface area contributed by atoms with E-state index in [4.69, 9.17) is 4.74 Å². The number of morpholine rings is 1. The summed E-state index contributed by atoms with van der Waals surface area (Å²) in [5, 5.41) is 8.77. The second-order valence-electron chi connectivity index (χ2n) is 6.60. The Bertz CT molecular complexity index is 662. The van der Waals surface area contributed by atoms with E-state index < -0.39 is 9.84 Å². The van der Waals surface area contributed by atoms with Gasteiger partial charge in [-0.3, -0.25) is 9.89 Å². The van der Waals surface area contributed by atoms with E-state index in [1.165, 1.54) is 11.1 Å². The van der Waals surface area contributed by atoms with Crippen molar-refractivity contribution in [1.29, 1.82) is 0 Å². The lowest BCUT2D eigenvalue weighted by atomic mass is 10.2. The molecule has 0 bridgehead atoms. The largest absolute Gasteiger partial charge is 0.379 e. The molecule has 156 valence electrons. The van der Waals surface area contributed by atoms with Crippen LogP contribution in [0.5, 0.6) is 0 Å². The molecule has 2 atom stereocenters. The Labute approximate surface area is 183 Å². The third-order valence-corrected chi connectivity index (χ3v) is 6.30. The van der Waals surface area contributed by atoms with E-state index in [1.54, 1.807) is 18.4 Å². The summed E-state index contributed by atoms with van der Waals surface area (Å²) in [6.45, 7) is 6.06. The van der Waals surface area contributed by atoms with E-state index in [1.807, 2.05) is 6.92 Å². The number of thiophene rings is 1. The quantitative estimate of drug-likeness (QED) is 0.303. The van der Waals surface area contributed by atoms with Crippen molar-refractivity contribution >= 4 is 51.1 Å². The Morgan fingerprint density at radius 2 is 2.11 bits per heavy atom. The highest BCUT2D eigenvalue weighted by atomic mass is 127. The van der Waals surface area contributed by atoms with Gasteiger partial charge < -0.3 is 15.4 Å². The SMILES string of the molecule is CN=C(NCC(c1cccs1)N1CCOCC1)NC(C)CCS(C)(=O)=O.I. The molecule has 1 aliphatic heterocycles. The number of guanidine groups is 1. The van der Waals surface area contributed by atoms with Gasteiger partial charge in [-0.2, -0.15) is 0 Å². The van der Waals surface area contributed by atoms with Gasteiger partial charge in [0.2, 0.25) is 0 Å². The van der Waals surface area contributed by atoms with Gasteiger partial charge in [-0.25, -0.2) is 8.42 Å². The van der Waals surface area contributed by atoms with Crippen LogP contribution in [0, 0.1) is 0 Å². The topological polar surface area (TPSA) is 83.0 Å². The summed E-state index contributed by atoms with van der Waals surface area (Å²) < 4.78 is 28.1. The molecule has 27 heavy (non-hydrogen) atoms. The Kier molecular flexibility index (Phi) is 11.1. The van der Waals surface area contributed by atoms with Crippen LogP contribution in [-0.2, 0) is 14.6 Å². The number of rotatable bonds is 8. The van der Waals surface area contributed by atoms with E-state index in [0.717, 1.165) is 32.8 Å². The summed E-state index contributed by atoms with van der Waals surface area (Å²) in [5.74, 6) is 0.866. The molecule has 0 radical (unpaired) electrons. The predicted molar refractivity (Wildman–Crippen MR) is 123 cm³/mol. The third kappa shape index (κ3) is 9.07. The fourth-order valence-corrected chi connectivity index (χ4v) is 4.51. The summed E-state index contributed by atoms with van der Waals surface area (Å²) in [7, 11) is -1.22. The fraction of sp³-hybridized carbons (Fsp3) is 0.706. The third-order valence-electron chi connectivity index (χ3n) is 4.35. The maximum absolute atomic E-state index is 11.3. The lowest BCUT2D eigenvalue weighted by Gasteiger charge is -2.34. The second kappa shape index (κ2) is 12.2. The Balaban J connectivity index is 0.00000364. The molecule has 2 unspecified atom stereocenters. The molecule has 7 nitrogen and oxygen atoms in total. The lowest BCUT2D eigenvalue weighted by molar-refractivity contribution is 0.0177. The van der Waals surface area contributed by atoms with Crippen LogP contribution in [0.2, 0.25) is 0 Å². The molecular formula is C17H31IN4O3S2. The highest BCUT2D eigenvalue weighted by Gasteiger charge is 2.23.